The highest BCUT2D eigenvalue weighted by Gasteiger charge is 2.06. The lowest BCUT2D eigenvalue weighted by Crippen LogP contribution is -2.21. The van der Waals surface area contributed by atoms with Gasteiger partial charge in [-0.3, -0.25) is 4.79 Å². The van der Waals surface area contributed by atoms with Crippen molar-refractivity contribution >= 4 is 34.8 Å². The fourth-order valence-corrected chi connectivity index (χ4v) is 2.44. The Kier molecular flexibility index (Phi) is 6.71. The summed E-state index contributed by atoms with van der Waals surface area (Å²) in [7, 11) is 1.64. The molecule has 0 radical (unpaired) electrons. The molecule has 0 saturated heterocycles. The third kappa shape index (κ3) is 5.75. The summed E-state index contributed by atoms with van der Waals surface area (Å²) in [5, 5.41) is 6.95. The first kappa shape index (κ1) is 17.6. The largest absolute Gasteiger partial charge is 0.497 e. The number of nitrogens with one attached hydrogen (secondary N) is 2. The molecule has 0 atom stereocenters. The average Bonchev–Trinajstić information content (AvgIpc) is 2.55. The van der Waals surface area contributed by atoms with E-state index in [0.29, 0.717) is 35.2 Å². The zero-order chi connectivity index (χ0) is 16.7. The highest BCUT2D eigenvalue weighted by molar-refractivity contribution is 6.36. The second-order valence-electron chi connectivity index (χ2n) is 4.95. The number of halogens is 2. The molecule has 2 rings (SSSR count). The van der Waals surface area contributed by atoms with E-state index in [1.807, 2.05) is 24.3 Å². The molecule has 23 heavy (non-hydrogen) atoms. The van der Waals surface area contributed by atoms with Gasteiger partial charge in [-0.05, 0) is 35.9 Å². The van der Waals surface area contributed by atoms with Gasteiger partial charge in [-0.15, -0.1) is 0 Å². The van der Waals surface area contributed by atoms with Crippen LogP contribution in [0.5, 0.6) is 5.75 Å². The zero-order valence-corrected chi connectivity index (χ0v) is 14.2. The number of methoxy groups -OCH3 is 1. The summed E-state index contributed by atoms with van der Waals surface area (Å²) in [6, 6.07) is 12.8. The normalized spacial score (nSPS) is 10.4. The maximum Gasteiger partial charge on any atom is 0.225 e. The Morgan fingerprint density at radius 2 is 1.87 bits per heavy atom. The maximum atomic E-state index is 11.9. The van der Waals surface area contributed by atoms with Crippen molar-refractivity contribution in [1.29, 1.82) is 0 Å². The molecular formula is C17H18Cl2N2O2. The second kappa shape index (κ2) is 8.77. The summed E-state index contributed by atoms with van der Waals surface area (Å²) in [5.41, 5.74) is 1.70. The predicted molar refractivity (Wildman–Crippen MR) is 94.4 cm³/mol. The van der Waals surface area contributed by atoms with Gasteiger partial charge in [-0.2, -0.15) is 0 Å². The van der Waals surface area contributed by atoms with Crippen LogP contribution in [0.25, 0.3) is 0 Å². The molecule has 0 spiro atoms. The van der Waals surface area contributed by atoms with Crippen molar-refractivity contribution < 1.29 is 9.53 Å². The molecule has 122 valence electrons. The SMILES string of the molecule is COc1ccc(CNCCC(=O)Nc2ccc(Cl)cc2Cl)cc1. The van der Waals surface area contributed by atoms with Crippen molar-refractivity contribution in [2.24, 2.45) is 0 Å². The molecule has 1 amide bonds. The van der Waals surface area contributed by atoms with Crippen LogP contribution in [-0.4, -0.2) is 19.6 Å². The first-order valence-corrected chi connectivity index (χ1v) is 7.92. The van der Waals surface area contributed by atoms with Crippen molar-refractivity contribution in [3.05, 3.63) is 58.1 Å². The van der Waals surface area contributed by atoms with Crippen molar-refractivity contribution in [2.75, 3.05) is 19.0 Å². The van der Waals surface area contributed by atoms with Crippen molar-refractivity contribution in [3.8, 4) is 5.75 Å². The topological polar surface area (TPSA) is 50.4 Å². The van der Waals surface area contributed by atoms with Crippen molar-refractivity contribution in [2.45, 2.75) is 13.0 Å². The Bertz CT molecular complexity index is 660. The minimum Gasteiger partial charge on any atom is -0.497 e. The lowest BCUT2D eigenvalue weighted by molar-refractivity contribution is -0.116. The Morgan fingerprint density at radius 3 is 2.52 bits per heavy atom. The van der Waals surface area contributed by atoms with Gasteiger partial charge in [0.05, 0.1) is 17.8 Å². The Labute approximate surface area is 145 Å². The van der Waals surface area contributed by atoms with E-state index in [-0.39, 0.29) is 5.91 Å². The van der Waals surface area contributed by atoms with E-state index in [4.69, 9.17) is 27.9 Å². The highest BCUT2D eigenvalue weighted by Crippen LogP contribution is 2.25. The number of hydrogen-bond acceptors (Lipinski definition) is 3. The van der Waals surface area contributed by atoms with E-state index in [1.165, 1.54) is 0 Å². The minimum absolute atomic E-state index is 0.101. The molecule has 6 heteroatoms. The number of carbonyl (C=O) groups excluding carboxylic acids is 1. The lowest BCUT2D eigenvalue weighted by Gasteiger charge is -2.08. The molecule has 0 fully saturated rings. The average molecular weight is 353 g/mol. The Balaban J connectivity index is 1.72. The van der Waals surface area contributed by atoms with Crippen LogP contribution >= 0.6 is 23.2 Å². The Hall–Kier alpha value is -1.75. The van der Waals surface area contributed by atoms with Gasteiger partial charge in [-0.25, -0.2) is 0 Å². The van der Waals surface area contributed by atoms with Gasteiger partial charge in [0.15, 0.2) is 0 Å². The van der Waals surface area contributed by atoms with Gasteiger partial charge in [0, 0.05) is 24.5 Å². The van der Waals surface area contributed by atoms with Crippen LogP contribution < -0.4 is 15.4 Å². The van der Waals surface area contributed by atoms with E-state index >= 15 is 0 Å². The molecule has 0 aliphatic rings. The summed E-state index contributed by atoms with van der Waals surface area (Å²) in [4.78, 5) is 11.9. The van der Waals surface area contributed by atoms with Crippen molar-refractivity contribution in [3.63, 3.8) is 0 Å². The van der Waals surface area contributed by atoms with E-state index in [9.17, 15) is 4.79 Å². The van der Waals surface area contributed by atoms with Gasteiger partial charge in [0.1, 0.15) is 5.75 Å². The molecule has 0 bridgehead atoms. The van der Waals surface area contributed by atoms with E-state index in [1.54, 1.807) is 25.3 Å². The van der Waals surface area contributed by atoms with Crippen LogP contribution in [0.15, 0.2) is 42.5 Å². The molecule has 2 aromatic rings. The molecule has 0 unspecified atom stereocenters. The van der Waals surface area contributed by atoms with Gasteiger partial charge in [0.2, 0.25) is 5.91 Å². The Morgan fingerprint density at radius 1 is 1.13 bits per heavy atom. The third-order valence-corrected chi connectivity index (χ3v) is 3.77. The van der Waals surface area contributed by atoms with Gasteiger partial charge >= 0.3 is 0 Å². The molecule has 0 aliphatic heterocycles. The maximum absolute atomic E-state index is 11.9. The van der Waals surface area contributed by atoms with Gasteiger partial charge in [0.25, 0.3) is 0 Å². The van der Waals surface area contributed by atoms with Crippen LogP contribution in [0.2, 0.25) is 10.0 Å². The van der Waals surface area contributed by atoms with E-state index < -0.39 is 0 Å². The first-order chi connectivity index (χ1) is 11.1. The number of benzene rings is 2. The zero-order valence-electron chi connectivity index (χ0n) is 12.7. The summed E-state index contributed by atoms with van der Waals surface area (Å²) >= 11 is 11.8. The fraction of sp³-hybridized carbons (Fsp3) is 0.235. The molecule has 0 aromatic heterocycles. The number of ether oxygens (including phenoxy) is 1. The van der Waals surface area contributed by atoms with Crippen molar-refractivity contribution in [1.82, 2.24) is 5.32 Å². The molecule has 2 aromatic carbocycles. The quantitative estimate of drug-likeness (QED) is 0.737. The molecular weight excluding hydrogens is 335 g/mol. The van der Waals surface area contributed by atoms with Crippen LogP contribution in [0.4, 0.5) is 5.69 Å². The second-order valence-corrected chi connectivity index (χ2v) is 5.79. The number of carbonyl (C=O) groups is 1. The standard InChI is InChI=1S/C17H18Cl2N2O2/c1-23-14-5-2-12(3-6-14)11-20-9-8-17(22)21-16-7-4-13(18)10-15(16)19/h2-7,10,20H,8-9,11H2,1H3,(H,21,22). The lowest BCUT2D eigenvalue weighted by atomic mass is 10.2. The molecule has 0 heterocycles. The summed E-state index contributed by atoms with van der Waals surface area (Å²) in [6.07, 6.45) is 0.356. The summed E-state index contributed by atoms with van der Waals surface area (Å²) < 4.78 is 5.11. The predicted octanol–water partition coefficient (Wildman–Crippen LogP) is 4.12. The summed E-state index contributed by atoms with van der Waals surface area (Å²) in [6.45, 7) is 1.27. The van der Waals surface area contributed by atoms with Crippen LogP contribution in [-0.2, 0) is 11.3 Å². The molecule has 4 nitrogen and oxygen atoms in total. The monoisotopic (exact) mass is 352 g/mol. The van der Waals surface area contributed by atoms with Crippen LogP contribution in [0.3, 0.4) is 0 Å². The van der Waals surface area contributed by atoms with E-state index in [2.05, 4.69) is 10.6 Å². The molecule has 0 saturated carbocycles. The number of rotatable bonds is 7. The van der Waals surface area contributed by atoms with E-state index in [0.717, 1.165) is 11.3 Å². The fourth-order valence-electron chi connectivity index (χ4n) is 1.98. The molecule has 0 aliphatic carbocycles. The number of anilines is 1. The number of amides is 1. The first-order valence-electron chi connectivity index (χ1n) is 7.17. The number of hydrogen-bond donors (Lipinski definition) is 2. The minimum atomic E-state index is -0.101. The summed E-state index contributed by atoms with van der Waals surface area (Å²) in [5.74, 6) is 0.726. The van der Waals surface area contributed by atoms with Crippen LogP contribution in [0, 0.1) is 0 Å². The van der Waals surface area contributed by atoms with Gasteiger partial charge in [-0.1, -0.05) is 35.3 Å². The third-order valence-electron chi connectivity index (χ3n) is 3.22. The highest BCUT2D eigenvalue weighted by atomic mass is 35.5. The van der Waals surface area contributed by atoms with Crippen LogP contribution in [0.1, 0.15) is 12.0 Å². The van der Waals surface area contributed by atoms with Gasteiger partial charge < -0.3 is 15.4 Å². The smallest absolute Gasteiger partial charge is 0.225 e. The molecule has 2 N–H and O–H groups in total.